The molecule has 0 spiro atoms. The van der Waals surface area contributed by atoms with Crippen molar-refractivity contribution < 1.29 is 19.0 Å². The van der Waals surface area contributed by atoms with Gasteiger partial charge < -0.3 is 9.15 Å². The Morgan fingerprint density at radius 3 is 2.26 bits per heavy atom. The Labute approximate surface area is 106 Å². The van der Waals surface area contributed by atoms with Crippen LogP contribution in [0.1, 0.15) is 0 Å². The molecule has 0 unspecified atom stereocenters. The molecule has 1 aromatic carbocycles. The van der Waals surface area contributed by atoms with Gasteiger partial charge in [-0.25, -0.2) is 0 Å². The molecule has 0 bridgehead atoms. The lowest BCUT2D eigenvalue weighted by Crippen LogP contribution is -2.01. The van der Waals surface area contributed by atoms with Gasteiger partial charge in [-0.1, -0.05) is 0 Å². The van der Waals surface area contributed by atoms with E-state index in [1.807, 2.05) is 0 Å². The number of rotatable bonds is 4. The fourth-order valence-corrected chi connectivity index (χ4v) is 1.72. The average molecular weight is 264 g/mol. The Morgan fingerprint density at radius 2 is 1.79 bits per heavy atom. The van der Waals surface area contributed by atoms with Crippen molar-refractivity contribution in [3.05, 3.63) is 50.8 Å². The van der Waals surface area contributed by atoms with Crippen LogP contribution in [0.5, 0.6) is 5.75 Å². The van der Waals surface area contributed by atoms with Gasteiger partial charge in [0.2, 0.25) is 5.75 Å². The smallest absolute Gasteiger partial charge is 0.388 e. The average Bonchev–Trinajstić information content (AvgIpc) is 2.90. The Hall–Kier alpha value is -2.90. The van der Waals surface area contributed by atoms with Gasteiger partial charge in [-0.3, -0.25) is 20.2 Å². The zero-order valence-corrected chi connectivity index (χ0v) is 9.73. The highest BCUT2D eigenvalue weighted by Gasteiger charge is 2.34. The van der Waals surface area contributed by atoms with Gasteiger partial charge >= 0.3 is 11.4 Å². The molecule has 19 heavy (non-hydrogen) atoms. The molecule has 0 amide bonds. The Bertz CT molecular complexity index is 635. The molecule has 8 heteroatoms. The van der Waals surface area contributed by atoms with Crippen LogP contribution in [-0.2, 0) is 0 Å². The number of hydrogen-bond donors (Lipinski definition) is 0. The topological polar surface area (TPSA) is 109 Å². The number of ether oxygens (including phenoxy) is 1. The zero-order valence-electron chi connectivity index (χ0n) is 9.73. The van der Waals surface area contributed by atoms with E-state index in [0.717, 1.165) is 0 Å². The number of benzene rings is 1. The third kappa shape index (κ3) is 2.10. The molecular formula is C11H8N2O6. The van der Waals surface area contributed by atoms with Crippen molar-refractivity contribution in [2.24, 2.45) is 0 Å². The summed E-state index contributed by atoms with van der Waals surface area (Å²) in [6.45, 7) is 0. The Morgan fingerprint density at radius 1 is 1.11 bits per heavy atom. The van der Waals surface area contributed by atoms with Crippen LogP contribution in [0, 0.1) is 20.2 Å². The molecule has 98 valence electrons. The normalized spacial score (nSPS) is 10.2. The van der Waals surface area contributed by atoms with Crippen molar-refractivity contribution in [1.82, 2.24) is 0 Å². The quantitative estimate of drug-likeness (QED) is 0.620. The molecule has 2 rings (SSSR count). The first-order valence-electron chi connectivity index (χ1n) is 5.10. The molecule has 0 N–H and O–H groups in total. The number of nitrogens with zero attached hydrogens (tertiary/aromatic N) is 2. The highest BCUT2D eigenvalue weighted by Crippen LogP contribution is 2.43. The standard InChI is InChI=1S/C11H8N2O6/c1-18-9-5-4-7(8-3-2-6-19-8)10(12(14)15)11(9)13(16)17/h2-6H,1H3. The number of methoxy groups -OCH3 is 1. The van der Waals surface area contributed by atoms with Crippen LogP contribution in [0.15, 0.2) is 34.9 Å². The van der Waals surface area contributed by atoms with Crippen molar-refractivity contribution in [2.45, 2.75) is 0 Å². The van der Waals surface area contributed by atoms with Crippen molar-refractivity contribution in [3.8, 4) is 17.1 Å². The van der Waals surface area contributed by atoms with E-state index in [1.165, 1.54) is 37.6 Å². The molecule has 0 saturated carbocycles. The van der Waals surface area contributed by atoms with Gasteiger partial charge in [0.15, 0.2) is 0 Å². The van der Waals surface area contributed by atoms with E-state index in [-0.39, 0.29) is 17.1 Å². The van der Waals surface area contributed by atoms with Crippen LogP contribution >= 0.6 is 0 Å². The Balaban J connectivity index is 2.80. The summed E-state index contributed by atoms with van der Waals surface area (Å²) in [7, 11) is 1.21. The molecule has 0 radical (unpaired) electrons. The van der Waals surface area contributed by atoms with Crippen LogP contribution in [0.3, 0.4) is 0 Å². The summed E-state index contributed by atoms with van der Waals surface area (Å²) >= 11 is 0. The number of hydrogen-bond acceptors (Lipinski definition) is 6. The van der Waals surface area contributed by atoms with Crippen LogP contribution < -0.4 is 4.74 Å². The molecule has 0 atom stereocenters. The molecule has 1 heterocycles. The van der Waals surface area contributed by atoms with Crippen molar-refractivity contribution in [3.63, 3.8) is 0 Å². The lowest BCUT2D eigenvalue weighted by Gasteiger charge is -2.05. The maximum atomic E-state index is 11.1. The fraction of sp³-hybridized carbons (Fsp3) is 0.0909. The first kappa shape index (κ1) is 12.6. The van der Waals surface area contributed by atoms with Crippen LogP contribution in [-0.4, -0.2) is 17.0 Å². The predicted molar refractivity (Wildman–Crippen MR) is 64.0 cm³/mol. The molecule has 0 saturated heterocycles. The van der Waals surface area contributed by atoms with Crippen molar-refractivity contribution in [2.75, 3.05) is 7.11 Å². The second-order valence-electron chi connectivity index (χ2n) is 3.50. The summed E-state index contributed by atoms with van der Waals surface area (Å²) < 4.78 is 9.84. The summed E-state index contributed by atoms with van der Waals surface area (Å²) in [4.78, 5) is 20.5. The highest BCUT2D eigenvalue weighted by molar-refractivity contribution is 5.79. The van der Waals surface area contributed by atoms with Gasteiger partial charge in [0.1, 0.15) is 11.3 Å². The molecular weight excluding hydrogens is 256 g/mol. The molecule has 0 aliphatic rings. The van der Waals surface area contributed by atoms with Crippen LogP contribution in [0.2, 0.25) is 0 Å². The van der Waals surface area contributed by atoms with E-state index in [2.05, 4.69) is 0 Å². The zero-order chi connectivity index (χ0) is 14.0. The number of furan rings is 1. The second kappa shape index (κ2) is 4.77. The predicted octanol–water partition coefficient (Wildman–Crippen LogP) is 2.77. The van der Waals surface area contributed by atoms with E-state index < -0.39 is 21.2 Å². The van der Waals surface area contributed by atoms with Gasteiger partial charge in [-0.2, -0.15) is 0 Å². The van der Waals surface area contributed by atoms with E-state index in [4.69, 9.17) is 9.15 Å². The molecule has 8 nitrogen and oxygen atoms in total. The number of nitro benzene ring substituents is 2. The maximum Gasteiger partial charge on any atom is 0.388 e. The van der Waals surface area contributed by atoms with E-state index >= 15 is 0 Å². The minimum Gasteiger partial charge on any atom is -0.490 e. The first-order valence-corrected chi connectivity index (χ1v) is 5.10. The summed E-state index contributed by atoms with van der Waals surface area (Å²) in [6, 6.07) is 5.67. The minimum absolute atomic E-state index is 0.0301. The molecule has 2 aromatic rings. The largest absolute Gasteiger partial charge is 0.490 e. The lowest BCUT2D eigenvalue weighted by molar-refractivity contribution is -0.422. The molecule has 0 aliphatic carbocycles. The SMILES string of the molecule is COc1ccc(-c2ccco2)c([N+](=O)[O-])c1[N+](=O)[O-]. The summed E-state index contributed by atoms with van der Waals surface area (Å²) in [6.07, 6.45) is 1.33. The van der Waals surface area contributed by atoms with E-state index in [9.17, 15) is 20.2 Å². The third-order valence-electron chi connectivity index (χ3n) is 2.49. The van der Waals surface area contributed by atoms with Gasteiger partial charge in [-0.15, -0.1) is 0 Å². The summed E-state index contributed by atoms with van der Waals surface area (Å²) in [5.41, 5.74) is -1.32. The maximum absolute atomic E-state index is 11.1. The van der Waals surface area contributed by atoms with Crippen molar-refractivity contribution in [1.29, 1.82) is 0 Å². The van der Waals surface area contributed by atoms with Crippen LogP contribution in [0.25, 0.3) is 11.3 Å². The van der Waals surface area contributed by atoms with Crippen molar-refractivity contribution >= 4 is 11.4 Å². The van der Waals surface area contributed by atoms with Gasteiger partial charge in [0.05, 0.1) is 23.2 Å². The molecule has 1 aromatic heterocycles. The fourth-order valence-electron chi connectivity index (χ4n) is 1.72. The molecule has 0 fully saturated rings. The molecule has 0 aliphatic heterocycles. The third-order valence-corrected chi connectivity index (χ3v) is 2.49. The summed E-state index contributed by atoms with van der Waals surface area (Å²) in [5, 5.41) is 22.1. The number of nitro groups is 2. The summed E-state index contributed by atoms with van der Waals surface area (Å²) in [5.74, 6) is 0.00413. The van der Waals surface area contributed by atoms with E-state index in [0.29, 0.717) is 0 Å². The van der Waals surface area contributed by atoms with Gasteiger partial charge in [0, 0.05) is 0 Å². The van der Waals surface area contributed by atoms with Gasteiger partial charge in [0.25, 0.3) is 0 Å². The Kier molecular flexibility index (Phi) is 3.15. The first-order chi connectivity index (χ1) is 9.06. The lowest BCUT2D eigenvalue weighted by atomic mass is 10.1. The minimum atomic E-state index is -0.844. The monoisotopic (exact) mass is 264 g/mol. The van der Waals surface area contributed by atoms with E-state index in [1.54, 1.807) is 0 Å². The second-order valence-corrected chi connectivity index (χ2v) is 3.50. The van der Waals surface area contributed by atoms with Crippen LogP contribution in [0.4, 0.5) is 11.4 Å². The van der Waals surface area contributed by atoms with Gasteiger partial charge in [-0.05, 0) is 24.3 Å². The highest BCUT2D eigenvalue weighted by atomic mass is 16.6.